The Morgan fingerprint density at radius 3 is 2.62 bits per heavy atom. The minimum Gasteiger partial charge on any atom is -0.433 e. The highest BCUT2D eigenvalue weighted by molar-refractivity contribution is 5.26. The molecule has 0 radical (unpaired) electrons. The molecule has 0 spiro atoms. The van der Waals surface area contributed by atoms with Gasteiger partial charge in [0, 0.05) is 5.41 Å². The van der Waals surface area contributed by atoms with Crippen LogP contribution in [0.3, 0.4) is 0 Å². The first-order valence-corrected chi connectivity index (χ1v) is 6.32. The summed E-state index contributed by atoms with van der Waals surface area (Å²) in [6.45, 7) is 3.39. The van der Waals surface area contributed by atoms with Crippen molar-refractivity contribution in [3.63, 3.8) is 0 Å². The second-order valence-corrected chi connectivity index (χ2v) is 5.39. The first kappa shape index (κ1) is 15.1. The van der Waals surface area contributed by atoms with E-state index >= 15 is 0 Å². The van der Waals surface area contributed by atoms with E-state index < -0.39 is 6.61 Å². The summed E-state index contributed by atoms with van der Waals surface area (Å²) in [7, 11) is 0. The second kappa shape index (κ2) is 6.02. The van der Waals surface area contributed by atoms with Gasteiger partial charge >= 0.3 is 6.61 Å². The van der Waals surface area contributed by atoms with Crippen molar-refractivity contribution in [1.82, 2.24) is 15.1 Å². The van der Waals surface area contributed by atoms with Gasteiger partial charge in [0.15, 0.2) is 0 Å². The summed E-state index contributed by atoms with van der Waals surface area (Å²) in [5.41, 5.74) is 0.415. The van der Waals surface area contributed by atoms with Crippen LogP contribution in [0.4, 0.5) is 14.7 Å². The lowest BCUT2D eigenvalue weighted by Gasteiger charge is -2.10. The molecule has 0 atom stereocenters. The Bertz CT molecular complexity index is 579. The Balaban J connectivity index is 1.92. The van der Waals surface area contributed by atoms with Crippen molar-refractivity contribution < 1.29 is 18.0 Å². The molecule has 1 N–H and O–H groups in total. The number of alkyl halides is 2. The molecule has 2 aromatic rings. The molecule has 2 rings (SSSR count). The number of hydrogen-bond donors (Lipinski definition) is 1. The molecular weight excluding hydrogens is 282 g/mol. The average Bonchev–Trinajstić information content (AvgIpc) is 2.86. The van der Waals surface area contributed by atoms with E-state index in [4.69, 9.17) is 4.52 Å². The molecule has 0 saturated heterocycles. The first-order valence-electron chi connectivity index (χ1n) is 6.32. The quantitative estimate of drug-likeness (QED) is 0.915. The Kier molecular flexibility index (Phi) is 4.35. The van der Waals surface area contributed by atoms with Crippen LogP contribution in [0.2, 0.25) is 0 Å². The lowest BCUT2D eigenvalue weighted by atomic mass is 9.97. The number of halogens is 2. The Morgan fingerprint density at radius 2 is 2.10 bits per heavy atom. The molecule has 0 bridgehead atoms. The smallest absolute Gasteiger partial charge is 0.387 e. The number of nitrogens with one attached hydrogen (secondary N) is 1. The number of rotatable bonds is 5. The number of ether oxygens (including phenoxy) is 1. The monoisotopic (exact) mass is 298 g/mol. The van der Waals surface area contributed by atoms with Crippen LogP contribution in [0.1, 0.15) is 32.4 Å². The molecule has 2 heterocycles. The number of hydrogen-bond acceptors (Lipinski definition) is 6. The molecule has 0 amide bonds. The van der Waals surface area contributed by atoms with Gasteiger partial charge in [-0.25, -0.2) is 0 Å². The predicted molar refractivity (Wildman–Crippen MR) is 71.2 cm³/mol. The van der Waals surface area contributed by atoms with Crippen LogP contribution < -0.4 is 10.1 Å². The van der Waals surface area contributed by atoms with Gasteiger partial charge < -0.3 is 14.6 Å². The zero-order chi connectivity index (χ0) is 15.5. The summed E-state index contributed by atoms with van der Waals surface area (Å²) in [4.78, 5) is 8.21. The number of anilines is 1. The summed E-state index contributed by atoms with van der Waals surface area (Å²) >= 11 is 0. The van der Waals surface area contributed by atoms with Crippen LogP contribution in [-0.4, -0.2) is 21.7 Å². The van der Waals surface area contributed by atoms with E-state index in [1.165, 1.54) is 12.3 Å². The van der Waals surface area contributed by atoms with Crippen LogP contribution in [0.5, 0.6) is 5.75 Å². The highest BCUT2D eigenvalue weighted by atomic mass is 19.3. The fraction of sp³-hybridized carbons (Fsp3) is 0.462. The molecule has 0 saturated carbocycles. The average molecular weight is 298 g/mol. The van der Waals surface area contributed by atoms with Gasteiger partial charge in [-0.3, -0.25) is 4.98 Å². The molecule has 0 aliphatic rings. The van der Waals surface area contributed by atoms with Crippen LogP contribution >= 0.6 is 0 Å². The van der Waals surface area contributed by atoms with Crippen molar-refractivity contribution in [3.8, 4) is 5.75 Å². The van der Waals surface area contributed by atoms with Gasteiger partial charge in [-0.1, -0.05) is 20.8 Å². The highest BCUT2D eigenvalue weighted by Crippen LogP contribution is 2.21. The van der Waals surface area contributed by atoms with Crippen LogP contribution in [-0.2, 0) is 12.0 Å². The van der Waals surface area contributed by atoms with Gasteiger partial charge in [0.05, 0.1) is 18.4 Å². The van der Waals surface area contributed by atoms with Crippen molar-refractivity contribution in [3.05, 3.63) is 29.9 Å². The minimum atomic E-state index is -2.86. The second-order valence-electron chi connectivity index (χ2n) is 5.39. The minimum absolute atomic E-state index is 0.0170. The first-order chi connectivity index (χ1) is 9.84. The number of aromatic nitrogens is 3. The van der Waals surface area contributed by atoms with Crippen molar-refractivity contribution in [1.29, 1.82) is 0 Å². The third-order valence-corrected chi connectivity index (χ3v) is 2.52. The number of nitrogens with zero attached hydrogens (tertiary/aromatic N) is 3. The summed E-state index contributed by atoms with van der Waals surface area (Å²) in [6, 6.07) is 3.00. The Hall–Kier alpha value is -2.25. The van der Waals surface area contributed by atoms with E-state index in [-0.39, 0.29) is 11.2 Å². The van der Waals surface area contributed by atoms with Gasteiger partial charge in [-0.15, -0.1) is 0 Å². The largest absolute Gasteiger partial charge is 0.433 e. The Labute approximate surface area is 120 Å². The van der Waals surface area contributed by atoms with Gasteiger partial charge in [-0.05, 0) is 17.3 Å². The van der Waals surface area contributed by atoms with E-state index in [1.807, 2.05) is 20.8 Å². The maximum atomic E-state index is 12.0. The van der Waals surface area contributed by atoms with E-state index in [0.717, 1.165) is 0 Å². The van der Waals surface area contributed by atoms with Crippen molar-refractivity contribution >= 4 is 5.95 Å². The third kappa shape index (κ3) is 4.37. The normalized spacial score (nSPS) is 11.7. The standard InChI is InChI=1S/C13H16F2N4O2/c1-13(2,3)10-18-12(19-21-10)17-6-8-4-5-9(7-16-8)20-11(14)15/h4-5,7,11H,6H2,1-3H3,(H,17,19). The third-order valence-electron chi connectivity index (χ3n) is 2.52. The van der Waals surface area contributed by atoms with Gasteiger partial charge in [0.2, 0.25) is 5.89 Å². The van der Waals surface area contributed by atoms with Gasteiger partial charge in [-0.2, -0.15) is 13.8 Å². The lowest BCUT2D eigenvalue weighted by molar-refractivity contribution is -0.0500. The Morgan fingerprint density at radius 1 is 1.33 bits per heavy atom. The molecule has 0 fully saturated rings. The summed E-state index contributed by atoms with van der Waals surface area (Å²) in [5.74, 6) is 0.900. The van der Waals surface area contributed by atoms with Gasteiger partial charge in [0.25, 0.3) is 5.95 Å². The molecular formula is C13H16F2N4O2. The molecule has 114 valence electrons. The molecule has 0 unspecified atom stereocenters. The van der Waals surface area contributed by atoms with E-state index in [9.17, 15) is 8.78 Å². The number of pyridine rings is 1. The van der Waals surface area contributed by atoms with E-state index in [2.05, 4.69) is 25.2 Å². The summed E-state index contributed by atoms with van der Waals surface area (Å²) in [5, 5.41) is 6.75. The van der Waals surface area contributed by atoms with Crippen LogP contribution in [0.25, 0.3) is 0 Å². The molecule has 0 aliphatic heterocycles. The van der Waals surface area contributed by atoms with Gasteiger partial charge in [0.1, 0.15) is 5.75 Å². The molecule has 8 heteroatoms. The molecule has 2 aromatic heterocycles. The molecule has 21 heavy (non-hydrogen) atoms. The fourth-order valence-electron chi connectivity index (χ4n) is 1.46. The zero-order valence-corrected chi connectivity index (χ0v) is 11.9. The molecule has 0 aromatic carbocycles. The SMILES string of the molecule is CC(C)(C)c1nc(NCc2ccc(OC(F)F)cn2)no1. The topological polar surface area (TPSA) is 73.1 Å². The molecule has 0 aliphatic carbocycles. The fourth-order valence-corrected chi connectivity index (χ4v) is 1.46. The summed E-state index contributed by atoms with van der Waals surface area (Å²) in [6.07, 6.45) is 1.24. The van der Waals surface area contributed by atoms with Crippen molar-refractivity contribution in [2.75, 3.05) is 5.32 Å². The highest BCUT2D eigenvalue weighted by Gasteiger charge is 2.21. The molecule has 6 nitrogen and oxygen atoms in total. The summed E-state index contributed by atoms with van der Waals surface area (Å²) < 4.78 is 33.3. The van der Waals surface area contributed by atoms with E-state index in [0.29, 0.717) is 24.1 Å². The van der Waals surface area contributed by atoms with Crippen molar-refractivity contribution in [2.45, 2.75) is 39.3 Å². The maximum absolute atomic E-state index is 12.0. The zero-order valence-electron chi connectivity index (χ0n) is 11.9. The van der Waals surface area contributed by atoms with Crippen LogP contribution in [0.15, 0.2) is 22.9 Å². The van der Waals surface area contributed by atoms with Crippen LogP contribution in [0, 0.1) is 0 Å². The maximum Gasteiger partial charge on any atom is 0.387 e. The van der Waals surface area contributed by atoms with Crippen molar-refractivity contribution in [2.24, 2.45) is 0 Å². The predicted octanol–water partition coefficient (Wildman–Crippen LogP) is 2.98. The van der Waals surface area contributed by atoms with E-state index in [1.54, 1.807) is 6.07 Å². The lowest BCUT2D eigenvalue weighted by Crippen LogP contribution is -2.11.